The normalized spacial score (nSPS) is 11.8. The molecule has 0 amide bonds. The van der Waals surface area contributed by atoms with Crippen molar-refractivity contribution < 1.29 is 19.1 Å². The molecule has 0 radical (unpaired) electrons. The second-order valence-electron chi connectivity index (χ2n) is 9.46. The third kappa shape index (κ3) is 6.90. The van der Waals surface area contributed by atoms with Gasteiger partial charge in [0.15, 0.2) is 0 Å². The average Bonchev–Trinajstić information content (AvgIpc) is 3.29. The third-order valence-corrected chi connectivity index (χ3v) is 5.54. The number of hydrogen-bond donors (Lipinski definition) is 0. The summed E-state index contributed by atoms with van der Waals surface area (Å²) in [4.78, 5) is 32.2. The van der Waals surface area contributed by atoms with Gasteiger partial charge in [0.2, 0.25) is 0 Å². The van der Waals surface area contributed by atoms with E-state index in [4.69, 9.17) is 9.47 Å². The quantitative estimate of drug-likeness (QED) is 0.188. The Balaban J connectivity index is 0.000000191. The first-order valence-corrected chi connectivity index (χ1v) is 12.6. The fourth-order valence-electron chi connectivity index (χ4n) is 2.88. The monoisotopic (exact) mass is 688 g/mol. The predicted molar refractivity (Wildman–Crippen MR) is 148 cm³/mol. The molecule has 8 nitrogen and oxygen atoms in total. The molecule has 4 rings (SSSR count). The van der Waals surface area contributed by atoms with Gasteiger partial charge < -0.3 is 9.47 Å². The first-order valence-electron chi connectivity index (χ1n) is 10.5. The van der Waals surface area contributed by atoms with Crippen molar-refractivity contribution in [1.29, 1.82) is 0 Å². The van der Waals surface area contributed by atoms with Crippen LogP contribution in [-0.4, -0.2) is 42.5 Å². The fraction of sp³-hybridized carbons (Fsp3) is 0.333. The number of imidazole rings is 2. The van der Waals surface area contributed by atoms with E-state index in [0.29, 0.717) is 0 Å². The van der Waals surface area contributed by atoms with Gasteiger partial charge >= 0.3 is 12.2 Å². The Morgan fingerprint density at radius 2 is 1.18 bits per heavy atom. The van der Waals surface area contributed by atoms with Crippen molar-refractivity contribution in [1.82, 2.24) is 19.1 Å². The van der Waals surface area contributed by atoms with Crippen LogP contribution in [0.15, 0.2) is 49.1 Å². The second-order valence-corrected chi connectivity index (χ2v) is 11.9. The molecule has 34 heavy (non-hydrogen) atoms. The molecule has 0 N–H and O–H groups in total. The van der Waals surface area contributed by atoms with Gasteiger partial charge in [0, 0.05) is 7.14 Å². The van der Waals surface area contributed by atoms with Crippen molar-refractivity contribution in [3.63, 3.8) is 0 Å². The maximum Gasteiger partial charge on any atom is 0.420 e. The maximum atomic E-state index is 11.9. The molecule has 0 atom stereocenters. The highest BCUT2D eigenvalue weighted by Gasteiger charge is 2.20. The standard InChI is InChI=1S/2C12H13IN2O2/c1-12(2,3)17-11(16)15-7-14-9-6-8(13)4-5-10(9)15;1-12(2,3)17-11(16)15-7-14-9-5-4-8(13)6-10(9)15/h2*4-7H,1-3H3. The highest BCUT2D eigenvalue weighted by Crippen LogP contribution is 2.19. The largest absolute Gasteiger partial charge is 0.443 e. The van der Waals surface area contributed by atoms with Gasteiger partial charge in [0.1, 0.15) is 23.9 Å². The van der Waals surface area contributed by atoms with Crippen molar-refractivity contribution in [2.75, 3.05) is 0 Å². The molecule has 0 bridgehead atoms. The van der Waals surface area contributed by atoms with Gasteiger partial charge in [-0.2, -0.15) is 0 Å². The Bertz CT molecular complexity index is 1350. The van der Waals surface area contributed by atoms with Crippen LogP contribution in [0.3, 0.4) is 0 Å². The van der Waals surface area contributed by atoms with Crippen molar-refractivity contribution in [3.8, 4) is 0 Å². The first-order chi connectivity index (χ1) is 15.7. The average molecular weight is 688 g/mol. The Labute approximate surface area is 225 Å². The molecular weight excluding hydrogens is 662 g/mol. The summed E-state index contributed by atoms with van der Waals surface area (Å²) in [5, 5.41) is 0. The zero-order chi connectivity index (χ0) is 25.3. The molecule has 180 valence electrons. The number of benzene rings is 2. The summed E-state index contributed by atoms with van der Waals surface area (Å²) in [6.45, 7) is 11.0. The number of aromatic nitrogens is 4. The summed E-state index contributed by atoms with van der Waals surface area (Å²) in [5.41, 5.74) is 2.11. The van der Waals surface area contributed by atoms with Crippen LogP contribution < -0.4 is 0 Å². The van der Waals surface area contributed by atoms with Gasteiger partial charge in [-0.15, -0.1) is 0 Å². The molecule has 0 aliphatic rings. The molecule has 10 heteroatoms. The number of nitrogens with zero attached hydrogens (tertiary/aromatic N) is 4. The summed E-state index contributed by atoms with van der Waals surface area (Å²) in [5.74, 6) is 0. The minimum Gasteiger partial charge on any atom is -0.443 e. The molecule has 2 aromatic carbocycles. The molecular formula is C24H26I2N4O4. The van der Waals surface area contributed by atoms with E-state index in [1.54, 1.807) is 0 Å². The van der Waals surface area contributed by atoms with E-state index in [1.807, 2.05) is 77.9 Å². The summed E-state index contributed by atoms with van der Waals surface area (Å²) < 4.78 is 15.6. The van der Waals surface area contributed by atoms with Crippen molar-refractivity contribution >= 4 is 79.4 Å². The van der Waals surface area contributed by atoms with Crippen LogP contribution in [-0.2, 0) is 9.47 Å². The Morgan fingerprint density at radius 1 is 0.706 bits per heavy atom. The van der Waals surface area contributed by atoms with Crippen molar-refractivity contribution in [2.45, 2.75) is 52.7 Å². The lowest BCUT2D eigenvalue weighted by Gasteiger charge is -2.19. The first kappa shape index (κ1) is 26.4. The molecule has 0 spiro atoms. The molecule has 2 aromatic heterocycles. The molecule has 0 unspecified atom stereocenters. The molecule has 0 aliphatic carbocycles. The molecule has 0 aliphatic heterocycles. The van der Waals surface area contributed by atoms with E-state index in [2.05, 4.69) is 55.1 Å². The number of rotatable bonds is 0. The second kappa shape index (κ2) is 10.2. The Hall–Kier alpha value is -2.22. The predicted octanol–water partition coefficient (Wildman–Crippen LogP) is 6.85. The van der Waals surface area contributed by atoms with Gasteiger partial charge in [0.05, 0.1) is 22.1 Å². The maximum absolute atomic E-state index is 11.9. The SMILES string of the molecule is CC(C)(C)OC(=O)n1cnc2cc(I)ccc21.CC(C)(C)OC(=O)n1cnc2ccc(I)cc21. The molecule has 0 saturated heterocycles. The molecule has 2 heterocycles. The number of halogens is 2. The zero-order valence-corrected chi connectivity index (χ0v) is 24.1. The minimum atomic E-state index is -0.504. The van der Waals surface area contributed by atoms with Crippen LogP contribution in [0.5, 0.6) is 0 Å². The lowest BCUT2D eigenvalue weighted by Crippen LogP contribution is -2.26. The Kier molecular flexibility index (Phi) is 7.90. The molecule has 0 fully saturated rings. The lowest BCUT2D eigenvalue weighted by atomic mass is 10.2. The molecule has 0 saturated carbocycles. The summed E-state index contributed by atoms with van der Waals surface area (Å²) in [6, 6.07) is 11.5. The highest BCUT2D eigenvalue weighted by atomic mass is 127. The summed E-state index contributed by atoms with van der Waals surface area (Å²) in [7, 11) is 0. The van der Waals surface area contributed by atoms with E-state index < -0.39 is 23.4 Å². The van der Waals surface area contributed by atoms with Crippen LogP contribution >= 0.6 is 45.2 Å². The topological polar surface area (TPSA) is 88.2 Å². The number of carbonyl (C=O) groups is 2. The van der Waals surface area contributed by atoms with Crippen LogP contribution in [0.2, 0.25) is 0 Å². The van der Waals surface area contributed by atoms with Crippen LogP contribution in [0, 0.1) is 7.14 Å². The highest BCUT2D eigenvalue weighted by molar-refractivity contribution is 14.1. The van der Waals surface area contributed by atoms with E-state index in [1.165, 1.54) is 21.8 Å². The van der Waals surface area contributed by atoms with Gasteiger partial charge in [-0.1, -0.05) is 0 Å². The fourth-order valence-corrected chi connectivity index (χ4v) is 3.83. The number of carbonyl (C=O) groups excluding carboxylic acids is 2. The third-order valence-electron chi connectivity index (χ3n) is 4.20. The lowest BCUT2D eigenvalue weighted by molar-refractivity contribution is 0.0532. The van der Waals surface area contributed by atoms with Crippen molar-refractivity contribution in [2.24, 2.45) is 0 Å². The van der Waals surface area contributed by atoms with Gasteiger partial charge in [-0.3, -0.25) is 0 Å². The van der Waals surface area contributed by atoms with E-state index in [0.717, 1.165) is 29.2 Å². The number of hydrogen-bond acceptors (Lipinski definition) is 6. The molecule has 4 aromatic rings. The van der Waals surface area contributed by atoms with Crippen molar-refractivity contribution in [3.05, 3.63) is 56.2 Å². The zero-order valence-electron chi connectivity index (χ0n) is 19.8. The van der Waals surface area contributed by atoms with Crippen LogP contribution in [0.25, 0.3) is 22.1 Å². The van der Waals surface area contributed by atoms with E-state index in [9.17, 15) is 9.59 Å². The summed E-state index contributed by atoms with van der Waals surface area (Å²) in [6.07, 6.45) is 2.19. The number of ether oxygens (including phenoxy) is 2. The summed E-state index contributed by atoms with van der Waals surface area (Å²) >= 11 is 4.41. The van der Waals surface area contributed by atoms with Crippen LogP contribution in [0.1, 0.15) is 41.5 Å². The smallest absolute Gasteiger partial charge is 0.420 e. The van der Waals surface area contributed by atoms with Gasteiger partial charge in [0.25, 0.3) is 0 Å². The van der Waals surface area contributed by atoms with Gasteiger partial charge in [-0.05, 0) is 123 Å². The number of fused-ring (bicyclic) bond motifs is 2. The minimum absolute atomic E-state index is 0.401. The van der Waals surface area contributed by atoms with Crippen LogP contribution in [0.4, 0.5) is 9.59 Å². The van der Waals surface area contributed by atoms with E-state index >= 15 is 0 Å². The van der Waals surface area contributed by atoms with Gasteiger partial charge in [-0.25, -0.2) is 28.7 Å². The van der Waals surface area contributed by atoms with E-state index in [-0.39, 0.29) is 0 Å². The Morgan fingerprint density at radius 3 is 1.74 bits per heavy atom.